The lowest BCUT2D eigenvalue weighted by Crippen LogP contribution is -2.21. The molecule has 1 rings (SSSR count). The van der Waals surface area contributed by atoms with E-state index in [1.54, 1.807) is 0 Å². The predicted molar refractivity (Wildman–Crippen MR) is 68.8 cm³/mol. The van der Waals surface area contributed by atoms with Crippen LogP contribution in [0.25, 0.3) is 0 Å². The Morgan fingerprint density at radius 3 is 2.38 bits per heavy atom. The summed E-state index contributed by atoms with van der Waals surface area (Å²) in [4.78, 5) is 12.3. The van der Waals surface area contributed by atoms with Crippen LogP contribution >= 0.6 is 0 Å². The standard InChI is InChI=1S/C15H20O/c1-6-11(2)12-9-7-8-10-13(12)14(16)15(3,4)5/h6-11H,1H2,2-5H3. The van der Waals surface area contributed by atoms with Gasteiger partial charge in [0.2, 0.25) is 0 Å². The molecule has 1 heteroatoms. The number of benzene rings is 1. The van der Waals surface area contributed by atoms with Gasteiger partial charge in [-0.2, -0.15) is 0 Å². The first-order chi connectivity index (χ1) is 7.38. The molecule has 1 nitrogen and oxygen atoms in total. The molecule has 0 saturated heterocycles. The number of Topliss-reactive ketones (excluding diaryl/α,β-unsaturated/α-hetero) is 1. The third-order valence-electron chi connectivity index (χ3n) is 2.73. The highest BCUT2D eigenvalue weighted by molar-refractivity contribution is 6.01. The van der Waals surface area contributed by atoms with Crippen LogP contribution in [0.2, 0.25) is 0 Å². The fraction of sp³-hybridized carbons (Fsp3) is 0.400. The van der Waals surface area contributed by atoms with Crippen LogP contribution in [-0.4, -0.2) is 5.78 Å². The molecule has 0 N–H and O–H groups in total. The third kappa shape index (κ3) is 2.60. The molecule has 0 aromatic heterocycles. The average molecular weight is 216 g/mol. The second-order valence-electron chi connectivity index (χ2n) is 5.19. The van der Waals surface area contributed by atoms with E-state index in [0.717, 1.165) is 11.1 Å². The van der Waals surface area contributed by atoms with Crippen LogP contribution in [0.15, 0.2) is 36.9 Å². The molecule has 0 heterocycles. The number of ketones is 1. The van der Waals surface area contributed by atoms with Gasteiger partial charge in [0.05, 0.1) is 0 Å². The van der Waals surface area contributed by atoms with E-state index in [2.05, 4.69) is 13.5 Å². The summed E-state index contributed by atoms with van der Waals surface area (Å²) in [6.07, 6.45) is 1.87. The Labute approximate surface area is 98.2 Å². The van der Waals surface area contributed by atoms with Crippen molar-refractivity contribution in [2.24, 2.45) is 5.41 Å². The van der Waals surface area contributed by atoms with Gasteiger partial charge in [-0.25, -0.2) is 0 Å². The van der Waals surface area contributed by atoms with E-state index in [1.807, 2.05) is 51.1 Å². The molecular weight excluding hydrogens is 196 g/mol. The fourth-order valence-corrected chi connectivity index (χ4v) is 1.63. The van der Waals surface area contributed by atoms with Gasteiger partial charge in [0.25, 0.3) is 0 Å². The number of allylic oxidation sites excluding steroid dienone is 1. The molecule has 0 saturated carbocycles. The molecule has 1 aromatic rings. The predicted octanol–water partition coefficient (Wildman–Crippen LogP) is 4.20. The van der Waals surface area contributed by atoms with E-state index in [-0.39, 0.29) is 17.1 Å². The number of rotatable bonds is 3. The zero-order chi connectivity index (χ0) is 12.3. The molecule has 0 aliphatic rings. The maximum atomic E-state index is 12.3. The Balaban J connectivity index is 3.24. The van der Waals surface area contributed by atoms with Gasteiger partial charge in [-0.05, 0) is 11.5 Å². The van der Waals surface area contributed by atoms with Crippen molar-refractivity contribution in [3.8, 4) is 0 Å². The van der Waals surface area contributed by atoms with E-state index in [4.69, 9.17) is 0 Å². The third-order valence-corrected chi connectivity index (χ3v) is 2.73. The number of carbonyl (C=O) groups is 1. The smallest absolute Gasteiger partial charge is 0.168 e. The van der Waals surface area contributed by atoms with Gasteiger partial charge < -0.3 is 0 Å². The molecule has 0 bridgehead atoms. The van der Waals surface area contributed by atoms with Gasteiger partial charge in [0, 0.05) is 11.0 Å². The highest BCUT2D eigenvalue weighted by Crippen LogP contribution is 2.27. The Bertz CT molecular complexity index is 396. The van der Waals surface area contributed by atoms with Crippen LogP contribution in [0.5, 0.6) is 0 Å². The van der Waals surface area contributed by atoms with E-state index >= 15 is 0 Å². The second-order valence-corrected chi connectivity index (χ2v) is 5.19. The van der Waals surface area contributed by atoms with Crippen LogP contribution in [0.4, 0.5) is 0 Å². The topological polar surface area (TPSA) is 17.1 Å². The minimum Gasteiger partial charge on any atom is -0.294 e. The van der Waals surface area contributed by atoms with Gasteiger partial charge in [-0.1, -0.05) is 58.0 Å². The van der Waals surface area contributed by atoms with Crippen molar-refractivity contribution in [2.45, 2.75) is 33.6 Å². The normalized spacial score (nSPS) is 13.2. The monoisotopic (exact) mass is 216 g/mol. The molecule has 0 aliphatic carbocycles. The van der Waals surface area contributed by atoms with Crippen LogP contribution < -0.4 is 0 Å². The van der Waals surface area contributed by atoms with Crippen molar-refractivity contribution < 1.29 is 4.79 Å². The van der Waals surface area contributed by atoms with E-state index in [9.17, 15) is 4.79 Å². The van der Waals surface area contributed by atoms with Gasteiger partial charge >= 0.3 is 0 Å². The highest BCUT2D eigenvalue weighted by Gasteiger charge is 2.25. The average Bonchev–Trinajstić information content (AvgIpc) is 2.25. The molecule has 0 aliphatic heterocycles. The number of carbonyl (C=O) groups excluding carboxylic acids is 1. The molecule has 1 unspecified atom stereocenters. The Morgan fingerprint density at radius 2 is 1.88 bits per heavy atom. The summed E-state index contributed by atoms with van der Waals surface area (Å²) in [5.41, 5.74) is 1.55. The summed E-state index contributed by atoms with van der Waals surface area (Å²) in [5.74, 6) is 0.402. The summed E-state index contributed by atoms with van der Waals surface area (Å²) >= 11 is 0. The van der Waals surface area contributed by atoms with Gasteiger partial charge in [-0.3, -0.25) is 4.79 Å². The zero-order valence-electron chi connectivity index (χ0n) is 10.6. The molecule has 0 spiro atoms. The maximum absolute atomic E-state index is 12.3. The fourth-order valence-electron chi connectivity index (χ4n) is 1.63. The Kier molecular flexibility index (Phi) is 3.69. The van der Waals surface area contributed by atoms with Crippen LogP contribution in [0.1, 0.15) is 49.5 Å². The van der Waals surface area contributed by atoms with Crippen molar-refractivity contribution in [2.75, 3.05) is 0 Å². The van der Waals surface area contributed by atoms with Gasteiger partial charge in [0.15, 0.2) is 5.78 Å². The Morgan fingerprint density at radius 1 is 1.31 bits per heavy atom. The van der Waals surface area contributed by atoms with Crippen LogP contribution in [-0.2, 0) is 0 Å². The molecule has 0 amide bonds. The second kappa shape index (κ2) is 4.65. The van der Waals surface area contributed by atoms with Gasteiger partial charge in [0.1, 0.15) is 0 Å². The minimum atomic E-state index is -0.336. The van der Waals surface area contributed by atoms with E-state index < -0.39 is 0 Å². The largest absolute Gasteiger partial charge is 0.294 e. The molecule has 1 atom stereocenters. The molecule has 1 aromatic carbocycles. The molecule has 16 heavy (non-hydrogen) atoms. The maximum Gasteiger partial charge on any atom is 0.168 e. The molecule has 0 fully saturated rings. The summed E-state index contributed by atoms with van der Waals surface area (Å²) in [5, 5.41) is 0. The van der Waals surface area contributed by atoms with Crippen molar-refractivity contribution >= 4 is 5.78 Å². The summed E-state index contributed by atoms with van der Waals surface area (Å²) in [6.45, 7) is 11.7. The van der Waals surface area contributed by atoms with Crippen LogP contribution in [0, 0.1) is 5.41 Å². The van der Waals surface area contributed by atoms with E-state index in [0.29, 0.717) is 0 Å². The number of hydrogen-bond acceptors (Lipinski definition) is 1. The highest BCUT2D eigenvalue weighted by atomic mass is 16.1. The number of hydrogen-bond donors (Lipinski definition) is 0. The van der Waals surface area contributed by atoms with Gasteiger partial charge in [-0.15, -0.1) is 6.58 Å². The summed E-state index contributed by atoms with van der Waals surface area (Å²) < 4.78 is 0. The zero-order valence-corrected chi connectivity index (χ0v) is 10.6. The Hall–Kier alpha value is -1.37. The van der Waals surface area contributed by atoms with Crippen molar-refractivity contribution in [3.63, 3.8) is 0 Å². The summed E-state index contributed by atoms with van der Waals surface area (Å²) in [6, 6.07) is 7.79. The lowest BCUT2D eigenvalue weighted by atomic mass is 9.82. The van der Waals surface area contributed by atoms with Crippen molar-refractivity contribution in [3.05, 3.63) is 48.0 Å². The quantitative estimate of drug-likeness (QED) is 0.546. The lowest BCUT2D eigenvalue weighted by Gasteiger charge is -2.20. The van der Waals surface area contributed by atoms with Crippen LogP contribution in [0.3, 0.4) is 0 Å². The first-order valence-corrected chi connectivity index (χ1v) is 5.64. The van der Waals surface area contributed by atoms with Crippen molar-refractivity contribution in [1.29, 1.82) is 0 Å². The first-order valence-electron chi connectivity index (χ1n) is 5.64. The molecule has 0 radical (unpaired) electrons. The minimum absolute atomic E-state index is 0.191. The molecule has 86 valence electrons. The van der Waals surface area contributed by atoms with Crippen molar-refractivity contribution in [1.82, 2.24) is 0 Å². The van der Waals surface area contributed by atoms with E-state index in [1.165, 1.54) is 0 Å². The molecular formula is C15H20O. The SMILES string of the molecule is C=CC(C)c1ccccc1C(=O)C(C)(C)C. The summed E-state index contributed by atoms with van der Waals surface area (Å²) in [7, 11) is 0. The first kappa shape index (κ1) is 12.7. The lowest BCUT2D eigenvalue weighted by molar-refractivity contribution is 0.0857.